The van der Waals surface area contributed by atoms with Crippen LogP contribution in [0.1, 0.15) is 51.7 Å². The van der Waals surface area contributed by atoms with Gasteiger partial charge in [-0.25, -0.2) is 0 Å². The molecule has 112 valence electrons. The molecule has 0 spiro atoms. The maximum absolute atomic E-state index is 9.88. The molecule has 2 rings (SSSR count). The summed E-state index contributed by atoms with van der Waals surface area (Å²) in [5.74, 6) is 2.92. The van der Waals surface area contributed by atoms with Gasteiger partial charge in [0.25, 0.3) is 0 Å². The first-order valence-electron chi connectivity index (χ1n) is 7.52. The van der Waals surface area contributed by atoms with Gasteiger partial charge < -0.3 is 14.6 Å². The quantitative estimate of drug-likeness (QED) is 0.906. The Labute approximate surface area is 121 Å². The summed E-state index contributed by atoms with van der Waals surface area (Å²) < 4.78 is 11.5. The van der Waals surface area contributed by atoms with Gasteiger partial charge in [-0.05, 0) is 50.2 Å². The summed E-state index contributed by atoms with van der Waals surface area (Å²) in [6.45, 7) is 6.33. The van der Waals surface area contributed by atoms with Crippen molar-refractivity contribution in [1.29, 1.82) is 0 Å². The highest BCUT2D eigenvalue weighted by Gasteiger charge is 2.26. The summed E-state index contributed by atoms with van der Waals surface area (Å²) in [6, 6.07) is 5.63. The highest BCUT2D eigenvalue weighted by Crippen LogP contribution is 2.35. The minimum Gasteiger partial charge on any atom is -0.497 e. The molecule has 20 heavy (non-hydrogen) atoms. The molecule has 3 nitrogen and oxygen atoms in total. The van der Waals surface area contributed by atoms with Crippen LogP contribution in [0.15, 0.2) is 18.2 Å². The van der Waals surface area contributed by atoms with Gasteiger partial charge in [0, 0.05) is 11.6 Å². The van der Waals surface area contributed by atoms with Gasteiger partial charge in [-0.3, -0.25) is 0 Å². The van der Waals surface area contributed by atoms with Gasteiger partial charge in [0.1, 0.15) is 11.5 Å². The number of aliphatic hydroxyl groups excluding tert-OH is 1. The van der Waals surface area contributed by atoms with E-state index in [-0.39, 0.29) is 6.10 Å². The summed E-state index contributed by atoms with van der Waals surface area (Å²) in [6.07, 6.45) is 3.15. The molecule has 0 saturated heterocycles. The van der Waals surface area contributed by atoms with E-state index in [0.29, 0.717) is 11.8 Å². The van der Waals surface area contributed by atoms with Crippen molar-refractivity contribution in [3.63, 3.8) is 0 Å². The summed E-state index contributed by atoms with van der Waals surface area (Å²) in [4.78, 5) is 0. The highest BCUT2D eigenvalue weighted by molar-refractivity contribution is 5.42. The predicted molar refractivity (Wildman–Crippen MR) is 80.2 cm³/mol. The van der Waals surface area contributed by atoms with Crippen LogP contribution in [0.25, 0.3) is 0 Å². The summed E-state index contributed by atoms with van der Waals surface area (Å²) >= 11 is 0. The van der Waals surface area contributed by atoms with Crippen molar-refractivity contribution in [3.8, 4) is 11.5 Å². The normalized spacial score (nSPS) is 27.9. The minimum absolute atomic E-state index is 0.235. The number of hydrogen-bond donors (Lipinski definition) is 1. The van der Waals surface area contributed by atoms with Crippen molar-refractivity contribution in [2.45, 2.75) is 52.2 Å². The fourth-order valence-corrected chi connectivity index (χ4v) is 3.24. The molecular weight excluding hydrogens is 252 g/mol. The predicted octanol–water partition coefficient (Wildman–Crippen LogP) is 3.95. The lowest BCUT2D eigenvalue weighted by atomic mass is 9.82. The molecule has 1 fully saturated rings. The SMILES string of the molecule is COc1ccc([C@H](C)O)c(OC2CC(C)CC(C)C2)c1. The van der Waals surface area contributed by atoms with Gasteiger partial charge in [-0.15, -0.1) is 0 Å². The molecule has 0 aromatic heterocycles. The first-order valence-corrected chi connectivity index (χ1v) is 7.52. The van der Waals surface area contributed by atoms with Crippen molar-refractivity contribution in [1.82, 2.24) is 0 Å². The van der Waals surface area contributed by atoms with Gasteiger partial charge in [0.15, 0.2) is 0 Å². The van der Waals surface area contributed by atoms with Crippen LogP contribution in [-0.4, -0.2) is 18.3 Å². The topological polar surface area (TPSA) is 38.7 Å². The molecule has 1 aliphatic carbocycles. The van der Waals surface area contributed by atoms with Crippen LogP contribution in [0, 0.1) is 11.8 Å². The molecule has 1 aliphatic rings. The number of methoxy groups -OCH3 is 1. The molecular formula is C17H26O3. The zero-order valence-corrected chi connectivity index (χ0v) is 12.9. The van der Waals surface area contributed by atoms with E-state index in [1.165, 1.54) is 6.42 Å². The fourth-order valence-electron chi connectivity index (χ4n) is 3.24. The standard InChI is InChI=1S/C17H26O3/c1-11-7-12(2)9-15(8-11)20-17-10-14(19-4)5-6-16(17)13(3)18/h5-6,10-13,15,18H,7-9H2,1-4H3/t11?,12?,13-,15?/m0/s1. The van der Waals surface area contributed by atoms with Crippen LogP contribution in [-0.2, 0) is 0 Å². The van der Waals surface area contributed by atoms with Crippen molar-refractivity contribution < 1.29 is 14.6 Å². The molecule has 3 heteroatoms. The summed E-state index contributed by atoms with van der Waals surface area (Å²) in [7, 11) is 1.64. The molecule has 1 N–H and O–H groups in total. The van der Waals surface area contributed by atoms with Gasteiger partial charge in [0.2, 0.25) is 0 Å². The van der Waals surface area contributed by atoms with Crippen LogP contribution < -0.4 is 9.47 Å². The molecule has 0 heterocycles. The largest absolute Gasteiger partial charge is 0.497 e. The van der Waals surface area contributed by atoms with Gasteiger partial charge >= 0.3 is 0 Å². The van der Waals surface area contributed by atoms with Crippen LogP contribution in [0.4, 0.5) is 0 Å². The molecule has 0 amide bonds. The zero-order valence-electron chi connectivity index (χ0n) is 12.9. The molecule has 0 radical (unpaired) electrons. The Morgan fingerprint density at radius 3 is 2.35 bits per heavy atom. The maximum atomic E-state index is 9.88. The second kappa shape index (κ2) is 6.49. The number of aliphatic hydroxyl groups is 1. The van der Waals surface area contributed by atoms with Crippen molar-refractivity contribution in [2.75, 3.05) is 7.11 Å². The number of ether oxygens (including phenoxy) is 2. The van der Waals surface area contributed by atoms with Crippen molar-refractivity contribution in [2.24, 2.45) is 11.8 Å². The second-order valence-corrected chi connectivity index (χ2v) is 6.24. The van der Waals surface area contributed by atoms with E-state index in [0.717, 1.165) is 29.9 Å². The van der Waals surface area contributed by atoms with Crippen molar-refractivity contribution in [3.05, 3.63) is 23.8 Å². The van der Waals surface area contributed by atoms with Crippen LogP contribution in [0.3, 0.4) is 0 Å². The van der Waals surface area contributed by atoms with E-state index < -0.39 is 6.10 Å². The lowest BCUT2D eigenvalue weighted by Gasteiger charge is -2.32. The highest BCUT2D eigenvalue weighted by atomic mass is 16.5. The number of hydrogen-bond acceptors (Lipinski definition) is 3. The first kappa shape index (κ1) is 15.2. The number of benzene rings is 1. The maximum Gasteiger partial charge on any atom is 0.129 e. The van der Waals surface area contributed by atoms with Gasteiger partial charge in [0.05, 0.1) is 19.3 Å². The zero-order chi connectivity index (χ0) is 14.7. The Morgan fingerprint density at radius 2 is 1.80 bits per heavy atom. The summed E-state index contributed by atoms with van der Waals surface area (Å²) in [5.41, 5.74) is 0.830. The van der Waals surface area contributed by atoms with E-state index >= 15 is 0 Å². The average Bonchev–Trinajstić information content (AvgIpc) is 2.37. The van der Waals surface area contributed by atoms with E-state index in [9.17, 15) is 5.11 Å². The molecule has 0 bridgehead atoms. The van der Waals surface area contributed by atoms with Gasteiger partial charge in [-0.2, -0.15) is 0 Å². The lowest BCUT2D eigenvalue weighted by Crippen LogP contribution is -2.28. The molecule has 1 saturated carbocycles. The third-order valence-corrected chi connectivity index (χ3v) is 4.10. The Kier molecular flexibility index (Phi) is 4.92. The molecule has 1 aromatic carbocycles. The Bertz CT molecular complexity index is 432. The Hall–Kier alpha value is -1.22. The van der Waals surface area contributed by atoms with E-state index in [1.54, 1.807) is 14.0 Å². The van der Waals surface area contributed by atoms with E-state index in [2.05, 4.69) is 13.8 Å². The minimum atomic E-state index is -0.533. The van der Waals surface area contributed by atoms with Gasteiger partial charge in [-0.1, -0.05) is 13.8 Å². The third kappa shape index (κ3) is 3.66. The van der Waals surface area contributed by atoms with E-state index in [4.69, 9.17) is 9.47 Å². The van der Waals surface area contributed by atoms with Crippen LogP contribution >= 0.6 is 0 Å². The van der Waals surface area contributed by atoms with Crippen molar-refractivity contribution >= 4 is 0 Å². The monoisotopic (exact) mass is 278 g/mol. The fraction of sp³-hybridized carbons (Fsp3) is 0.647. The van der Waals surface area contributed by atoms with Crippen LogP contribution in [0.2, 0.25) is 0 Å². The smallest absolute Gasteiger partial charge is 0.129 e. The first-order chi connectivity index (χ1) is 9.49. The van der Waals surface area contributed by atoms with E-state index in [1.807, 2.05) is 18.2 Å². The lowest BCUT2D eigenvalue weighted by molar-refractivity contribution is 0.0957. The average molecular weight is 278 g/mol. The third-order valence-electron chi connectivity index (χ3n) is 4.10. The molecule has 1 aromatic rings. The summed E-state index contributed by atoms with van der Waals surface area (Å²) in [5, 5.41) is 9.88. The Balaban J connectivity index is 2.18. The van der Waals surface area contributed by atoms with Crippen LogP contribution in [0.5, 0.6) is 11.5 Å². The Morgan fingerprint density at radius 1 is 1.15 bits per heavy atom. The molecule has 0 aliphatic heterocycles. The molecule has 3 atom stereocenters. The molecule has 2 unspecified atom stereocenters. The number of rotatable bonds is 4. The second-order valence-electron chi connectivity index (χ2n) is 6.24.